The summed E-state index contributed by atoms with van der Waals surface area (Å²) in [5.41, 5.74) is -1.48. The van der Waals surface area contributed by atoms with E-state index in [1.54, 1.807) is 0 Å². The van der Waals surface area contributed by atoms with Gasteiger partial charge >= 0.3 is 12.0 Å². The number of aliphatic carboxylic acids is 1. The smallest absolute Gasteiger partial charge is 0.317 e. The number of aliphatic hydroxyl groups excluding tert-OH is 1. The van der Waals surface area contributed by atoms with Gasteiger partial charge in [-0.1, -0.05) is 6.92 Å². The lowest BCUT2D eigenvalue weighted by atomic mass is 9.96. The molecule has 1 heterocycles. The van der Waals surface area contributed by atoms with E-state index in [1.807, 2.05) is 6.92 Å². The number of hydrogen-bond acceptors (Lipinski definition) is 4. The van der Waals surface area contributed by atoms with E-state index in [-0.39, 0.29) is 19.0 Å². The molecule has 0 bridgehead atoms. The third-order valence-corrected chi connectivity index (χ3v) is 3.36. The normalized spacial score (nSPS) is 26.6. The first kappa shape index (κ1) is 15.7. The summed E-state index contributed by atoms with van der Waals surface area (Å²) in [6.07, 6.45) is -0.258. The van der Waals surface area contributed by atoms with E-state index < -0.39 is 30.1 Å². The summed E-state index contributed by atoms with van der Waals surface area (Å²) in [6, 6.07) is -0.392. The number of carboxylic acids is 1. The first-order valence-corrected chi connectivity index (χ1v) is 6.36. The number of urea groups is 1. The van der Waals surface area contributed by atoms with Gasteiger partial charge in [0, 0.05) is 19.6 Å². The zero-order valence-electron chi connectivity index (χ0n) is 11.3. The van der Waals surface area contributed by atoms with Crippen LogP contribution >= 0.6 is 0 Å². The Morgan fingerprint density at radius 3 is 2.63 bits per heavy atom. The van der Waals surface area contributed by atoms with E-state index in [2.05, 4.69) is 5.32 Å². The number of aliphatic hydroxyl groups is 2. The number of carboxylic acid groups (broad SMARTS) is 1. The molecule has 3 atom stereocenters. The average molecular weight is 274 g/mol. The Bertz CT molecular complexity index is 345. The topological polar surface area (TPSA) is 110 Å². The molecule has 0 aromatic heterocycles. The van der Waals surface area contributed by atoms with Crippen LogP contribution in [0.3, 0.4) is 0 Å². The summed E-state index contributed by atoms with van der Waals surface area (Å²) in [7, 11) is 0. The van der Waals surface area contributed by atoms with Crippen LogP contribution in [-0.2, 0) is 4.79 Å². The van der Waals surface area contributed by atoms with Crippen LogP contribution in [0.15, 0.2) is 0 Å². The largest absolute Gasteiger partial charge is 0.481 e. The number of carbonyl (C=O) groups excluding carboxylic acids is 1. The van der Waals surface area contributed by atoms with E-state index in [9.17, 15) is 19.8 Å². The molecule has 4 N–H and O–H groups in total. The number of likely N-dealkylation sites (tertiary alicyclic amines) is 1. The van der Waals surface area contributed by atoms with Crippen molar-refractivity contribution >= 4 is 12.0 Å². The summed E-state index contributed by atoms with van der Waals surface area (Å²) in [6.45, 7) is 3.95. The summed E-state index contributed by atoms with van der Waals surface area (Å²) in [5.74, 6) is -0.958. The van der Waals surface area contributed by atoms with Gasteiger partial charge in [0.1, 0.15) is 0 Å². The average Bonchev–Trinajstić information content (AvgIpc) is 2.28. The third-order valence-electron chi connectivity index (χ3n) is 3.36. The molecule has 1 aliphatic heterocycles. The van der Waals surface area contributed by atoms with E-state index in [0.29, 0.717) is 6.54 Å². The van der Waals surface area contributed by atoms with Crippen LogP contribution in [0.5, 0.6) is 0 Å². The fourth-order valence-corrected chi connectivity index (χ4v) is 2.00. The van der Waals surface area contributed by atoms with Gasteiger partial charge in [-0.2, -0.15) is 0 Å². The standard InChI is InChI=1S/C12H22N2O5/c1-8-3-4-14(6-9(8)15)11(18)13-7-12(2,19)5-10(16)17/h8-9,15,19H,3-7H2,1-2H3,(H,13,18)(H,16,17). The summed E-state index contributed by atoms with van der Waals surface area (Å²) < 4.78 is 0. The predicted molar refractivity (Wildman–Crippen MR) is 67.6 cm³/mol. The molecule has 1 aliphatic rings. The van der Waals surface area contributed by atoms with Crippen LogP contribution in [0.1, 0.15) is 26.7 Å². The molecule has 0 spiro atoms. The van der Waals surface area contributed by atoms with Crippen molar-refractivity contribution in [1.29, 1.82) is 0 Å². The lowest BCUT2D eigenvalue weighted by Gasteiger charge is -2.34. The lowest BCUT2D eigenvalue weighted by molar-refractivity contribution is -0.141. The molecular weight excluding hydrogens is 252 g/mol. The van der Waals surface area contributed by atoms with E-state index >= 15 is 0 Å². The van der Waals surface area contributed by atoms with Gasteiger partial charge in [-0.05, 0) is 19.3 Å². The van der Waals surface area contributed by atoms with E-state index in [0.717, 1.165) is 6.42 Å². The van der Waals surface area contributed by atoms with Crippen LogP contribution in [-0.4, -0.2) is 63.6 Å². The Labute approximate surface area is 112 Å². The highest BCUT2D eigenvalue weighted by atomic mass is 16.4. The Morgan fingerprint density at radius 2 is 2.11 bits per heavy atom. The molecule has 3 unspecified atom stereocenters. The molecule has 0 saturated carbocycles. The van der Waals surface area contributed by atoms with E-state index in [4.69, 9.17) is 5.11 Å². The number of hydrogen-bond donors (Lipinski definition) is 4. The summed E-state index contributed by atoms with van der Waals surface area (Å²) in [4.78, 5) is 23.8. The molecule has 1 fully saturated rings. The quantitative estimate of drug-likeness (QED) is 0.559. The molecule has 1 rings (SSSR count). The Balaban J connectivity index is 2.41. The van der Waals surface area contributed by atoms with Gasteiger partial charge in [-0.3, -0.25) is 4.79 Å². The first-order chi connectivity index (χ1) is 8.71. The predicted octanol–water partition coefficient (Wildman–Crippen LogP) is -0.376. The maximum Gasteiger partial charge on any atom is 0.317 e. The number of β-amino-alcohol motifs (C(OH)–C–C–N with tert-alkyl or cyclic N) is 1. The van der Waals surface area contributed by atoms with Crippen molar-refractivity contribution in [3.05, 3.63) is 0 Å². The van der Waals surface area contributed by atoms with Gasteiger partial charge in [0.15, 0.2) is 0 Å². The van der Waals surface area contributed by atoms with Gasteiger partial charge in [0.25, 0.3) is 0 Å². The summed E-state index contributed by atoms with van der Waals surface area (Å²) >= 11 is 0. The SMILES string of the molecule is CC1CCN(C(=O)NCC(C)(O)CC(=O)O)CC1O. The number of carbonyl (C=O) groups is 2. The van der Waals surface area contributed by atoms with Crippen molar-refractivity contribution < 1.29 is 24.9 Å². The number of amides is 2. The number of nitrogens with one attached hydrogen (secondary N) is 1. The molecule has 1 saturated heterocycles. The molecule has 110 valence electrons. The minimum Gasteiger partial charge on any atom is -0.481 e. The van der Waals surface area contributed by atoms with Gasteiger partial charge in [-0.25, -0.2) is 4.79 Å². The van der Waals surface area contributed by atoms with Gasteiger partial charge in [0.2, 0.25) is 0 Å². The molecule has 0 aromatic rings. The zero-order chi connectivity index (χ0) is 14.6. The zero-order valence-corrected chi connectivity index (χ0v) is 11.3. The van der Waals surface area contributed by atoms with Crippen LogP contribution in [0.2, 0.25) is 0 Å². The monoisotopic (exact) mass is 274 g/mol. The minimum atomic E-state index is -1.48. The molecule has 0 aliphatic carbocycles. The Kier molecular flexibility index (Phi) is 5.13. The van der Waals surface area contributed by atoms with Crippen LogP contribution in [0, 0.1) is 5.92 Å². The molecule has 0 radical (unpaired) electrons. The van der Waals surface area contributed by atoms with Crippen molar-refractivity contribution in [2.75, 3.05) is 19.6 Å². The van der Waals surface area contributed by atoms with Crippen molar-refractivity contribution in [2.45, 2.75) is 38.4 Å². The van der Waals surface area contributed by atoms with Crippen molar-refractivity contribution in [3.63, 3.8) is 0 Å². The fourth-order valence-electron chi connectivity index (χ4n) is 2.00. The number of rotatable bonds is 4. The molecule has 7 nitrogen and oxygen atoms in total. The molecule has 2 amide bonds. The highest BCUT2D eigenvalue weighted by Crippen LogP contribution is 2.17. The second kappa shape index (κ2) is 6.21. The maximum atomic E-state index is 11.8. The second-order valence-corrected chi connectivity index (χ2v) is 5.51. The fraction of sp³-hybridized carbons (Fsp3) is 0.833. The highest BCUT2D eigenvalue weighted by molar-refractivity contribution is 5.74. The van der Waals surface area contributed by atoms with Crippen molar-refractivity contribution in [3.8, 4) is 0 Å². The van der Waals surface area contributed by atoms with Gasteiger partial charge in [-0.15, -0.1) is 0 Å². The van der Waals surface area contributed by atoms with Gasteiger partial charge in [0.05, 0.1) is 18.1 Å². The van der Waals surface area contributed by atoms with Gasteiger partial charge < -0.3 is 25.5 Å². The molecular formula is C12H22N2O5. The van der Waals surface area contributed by atoms with E-state index in [1.165, 1.54) is 11.8 Å². The second-order valence-electron chi connectivity index (χ2n) is 5.51. The summed E-state index contributed by atoms with van der Waals surface area (Å²) in [5, 5.41) is 30.6. The lowest BCUT2D eigenvalue weighted by Crippen LogP contribution is -2.52. The molecule has 7 heteroatoms. The van der Waals surface area contributed by atoms with Crippen molar-refractivity contribution in [1.82, 2.24) is 10.2 Å². The third kappa shape index (κ3) is 5.04. The minimum absolute atomic E-state index is 0.139. The Morgan fingerprint density at radius 1 is 1.47 bits per heavy atom. The highest BCUT2D eigenvalue weighted by Gasteiger charge is 2.29. The van der Waals surface area contributed by atoms with Crippen LogP contribution < -0.4 is 5.32 Å². The number of nitrogens with zero attached hydrogens (tertiary/aromatic N) is 1. The van der Waals surface area contributed by atoms with Crippen molar-refractivity contribution in [2.24, 2.45) is 5.92 Å². The molecule has 0 aromatic carbocycles. The Hall–Kier alpha value is -1.34. The maximum absolute atomic E-state index is 11.8. The molecule has 19 heavy (non-hydrogen) atoms. The first-order valence-electron chi connectivity index (χ1n) is 6.36. The van der Waals surface area contributed by atoms with Crippen LogP contribution in [0.4, 0.5) is 4.79 Å². The number of piperidine rings is 1. The van der Waals surface area contributed by atoms with Crippen LogP contribution in [0.25, 0.3) is 0 Å².